The molecule has 0 atom stereocenters. The van der Waals surface area contributed by atoms with Gasteiger partial charge in [-0.1, -0.05) is 36.4 Å². The molecule has 0 aliphatic heterocycles. The van der Waals surface area contributed by atoms with Gasteiger partial charge < -0.3 is 9.84 Å². The summed E-state index contributed by atoms with van der Waals surface area (Å²) in [5.74, 6) is -0.144. The van der Waals surface area contributed by atoms with Crippen molar-refractivity contribution in [3.05, 3.63) is 112 Å². The number of hydrogen-bond donors (Lipinski definition) is 2. The average molecular weight is 441 g/mol. The standard InChI is InChI=1S/C25H19N3O5/c29-23-14-19-6-2-1-5-18(19)13-22(23)25(30)27-26-15-20-7-3-4-8-24(20)33-16-17-9-11-21(12-10-17)28(31)32/h1-15,29H,16H2,(H,27,30). The Kier molecular flexibility index (Phi) is 6.26. The zero-order valence-electron chi connectivity index (χ0n) is 17.3. The number of phenols is 1. The van der Waals surface area contributed by atoms with Gasteiger partial charge in [-0.15, -0.1) is 0 Å². The lowest BCUT2D eigenvalue weighted by molar-refractivity contribution is -0.384. The van der Waals surface area contributed by atoms with Gasteiger partial charge in [0.05, 0.1) is 16.7 Å². The second-order valence-electron chi connectivity index (χ2n) is 7.17. The summed E-state index contributed by atoms with van der Waals surface area (Å²) >= 11 is 0. The van der Waals surface area contributed by atoms with Crippen molar-refractivity contribution in [1.82, 2.24) is 5.43 Å². The number of hydrogen-bond acceptors (Lipinski definition) is 6. The number of nitrogens with zero attached hydrogens (tertiary/aromatic N) is 2. The van der Waals surface area contributed by atoms with Crippen LogP contribution in [0.3, 0.4) is 0 Å². The summed E-state index contributed by atoms with van der Waals surface area (Å²) in [6.45, 7) is 0.209. The molecule has 0 aliphatic carbocycles. The fourth-order valence-corrected chi connectivity index (χ4v) is 3.22. The van der Waals surface area contributed by atoms with Crippen molar-refractivity contribution in [2.75, 3.05) is 0 Å². The van der Waals surface area contributed by atoms with E-state index in [0.717, 1.165) is 16.3 Å². The molecule has 0 unspecified atom stereocenters. The third-order valence-corrected chi connectivity index (χ3v) is 4.94. The number of carbonyl (C=O) groups excluding carboxylic acids is 1. The van der Waals surface area contributed by atoms with Crippen molar-refractivity contribution < 1.29 is 19.6 Å². The van der Waals surface area contributed by atoms with E-state index in [1.54, 1.807) is 42.5 Å². The van der Waals surface area contributed by atoms with E-state index in [2.05, 4.69) is 10.5 Å². The molecule has 0 bridgehead atoms. The first-order valence-corrected chi connectivity index (χ1v) is 10.0. The second kappa shape index (κ2) is 9.61. The molecule has 4 aromatic rings. The summed E-state index contributed by atoms with van der Waals surface area (Å²) < 4.78 is 5.82. The van der Waals surface area contributed by atoms with Gasteiger partial charge in [-0.05, 0) is 52.7 Å². The lowest BCUT2D eigenvalue weighted by atomic mass is 10.1. The highest BCUT2D eigenvalue weighted by Crippen LogP contribution is 2.25. The van der Waals surface area contributed by atoms with Gasteiger partial charge in [0.15, 0.2) is 0 Å². The third-order valence-electron chi connectivity index (χ3n) is 4.94. The number of amides is 1. The van der Waals surface area contributed by atoms with Crippen LogP contribution in [0.1, 0.15) is 21.5 Å². The fraction of sp³-hybridized carbons (Fsp3) is 0.0400. The zero-order chi connectivity index (χ0) is 23.2. The third kappa shape index (κ3) is 5.13. The number of hydrazone groups is 1. The molecule has 0 spiro atoms. The van der Waals surface area contributed by atoms with Crippen LogP contribution in [-0.4, -0.2) is 22.2 Å². The largest absolute Gasteiger partial charge is 0.507 e. The Hall–Kier alpha value is -4.72. The minimum Gasteiger partial charge on any atom is -0.507 e. The highest BCUT2D eigenvalue weighted by atomic mass is 16.6. The first-order valence-electron chi connectivity index (χ1n) is 10.0. The molecule has 4 rings (SSSR count). The maximum atomic E-state index is 12.5. The molecule has 8 heteroatoms. The molecule has 33 heavy (non-hydrogen) atoms. The number of nitrogens with one attached hydrogen (secondary N) is 1. The molecule has 0 aromatic heterocycles. The van der Waals surface area contributed by atoms with Gasteiger partial charge in [-0.25, -0.2) is 5.43 Å². The van der Waals surface area contributed by atoms with Crippen LogP contribution in [-0.2, 0) is 6.61 Å². The van der Waals surface area contributed by atoms with Gasteiger partial charge in [0.25, 0.3) is 11.6 Å². The van der Waals surface area contributed by atoms with Crippen molar-refractivity contribution in [1.29, 1.82) is 0 Å². The Morgan fingerprint density at radius 1 is 1.00 bits per heavy atom. The van der Waals surface area contributed by atoms with Gasteiger partial charge in [0.1, 0.15) is 18.1 Å². The van der Waals surface area contributed by atoms with Crippen molar-refractivity contribution in [3.8, 4) is 11.5 Å². The van der Waals surface area contributed by atoms with Crippen molar-refractivity contribution in [2.45, 2.75) is 6.61 Å². The normalized spacial score (nSPS) is 10.9. The van der Waals surface area contributed by atoms with E-state index in [9.17, 15) is 20.0 Å². The fourth-order valence-electron chi connectivity index (χ4n) is 3.22. The molecule has 0 heterocycles. The Morgan fingerprint density at radius 3 is 2.39 bits per heavy atom. The number of ether oxygens (including phenoxy) is 1. The summed E-state index contributed by atoms with van der Waals surface area (Å²) in [6.07, 6.45) is 1.45. The van der Waals surface area contributed by atoms with E-state index in [0.29, 0.717) is 11.3 Å². The molecule has 1 amide bonds. The van der Waals surface area contributed by atoms with Crippen molar-refractivity contribution in [3.63, 3.8) is 0 Å². The lowest BCUT2D eigenvalue weighted by Crippen LogP contribution is -2.17. The van der Waals surface area contributed by atoms with E-state index in [1.165, 1.54) is 24.4 Å². The first kappa shape index (κ1) is 21.5. The molecule has 0 saturated heterocycles. The van der Waals surface area contributed by atoms with Crippen LogP contribution < -0.4 is 10.2 Å². The molecule has 0 saturated carbocycles. The number of nitro benzene ring substituents is 1. The summed E-state index contributed by atoms with van der Waals surface area (Å²) in [7, 11) is 0. The second-order valence-corrected chi connectivity index (χ2v) is 7.17. The quantitative estimate of drug-likeness (QED) is 0.243. The molecule has 4 aromatic carbocycles. The van der Waals surface area contributed by atoms with E-state index < -0.39 is 10.8 Å². The topological polar surface area (TPSA) is 114 Å². The molecule has 8 nitrogen and oxygen atoms in total. The summed E-state index contributed by atoms with van der Waals surface area (Å²) in [6, 6.07) is 23.8. The van der Waals surface area contributed by atoms with E-state index in [1.807, 2.05) is 24.3 Å². The number of fused-ring (bicyclic) bond motifs is 1. The van der Waals surface area contributed by atoms with E-state index in [-0.39, 0.29) is 23.6 Å². The van der Waals surface area contributed by atoms with Gasteiger partial charge >= 0.3 is 0 Å². The highest BCUT2D eigenvalue weighted by molar-refractivity contribution is 6.01. The number of benzene rings is 4. The Balaban J connectivity index is 1.43. The highest BCUT2D eigenvalue weighted by Gasteiger charge is 2.12. The molecule has 0 fully saturated rings. The number of rotatable bonds is 7. The van der Waals surface area contributed by atoms with Crippen molar-refractivity contribution >= 4 is 28.6 Å². The van der Waals surface area contributed by atoms with E-state index >= 15 is 0 Å². The minimum atomic E-state index is -0.543. The van der Waals surface area contributed by atoms with Gasteiger partial charge in [0.2, 0.25) is 0 Å². The zero-order valence-corrected chi connectivity index (χ0v) is 17.3. The summed E-state index contributed by atoms with van der Waals surface area (Å²) in [5, 5.41) is 26.6. The predicted molar refractivity (Wildman–Crippen MR) is 125 cm³/mol. The van der Waals surface area contributed by atoms with Crippen LogP contribution >= 0.6 is 0 Å². The van der Waals surface area contributed by atoms with Crippen LogP contribution in [0.5, 0.6) is 11.5 Å². The molecule has 2 N–H and O–H groups in total. The van der Waals surface area contributed by atoms with Crippen LogP contribution in [0, 0.1) is 10.1 Å². The molecular formula is C25H19N3O5. The minimum absolute atomic E-state index is 0.0134. The van der Waals surface area contributed by atoms with E-state index in [4.69, 9.17) is 4.74 Å². The maximum absolute atomic E-state index is 12.5. The number of nitro groups is 1. The number of aromatic hydroxyl groups is 1. The number of carbonyl (C=O) groups is 1. The van der Waals surface area contributed by atoms with Crippen LogP contribution in [0.15, 0.2) is 90.0 Å². The van der Waals surface area contributed by atoms with Gasteiger partial charge in [-0.3, -0.25) is 14.9 Å². The molecule has 164 valence electrons. The van der Waals surface area contributed by atoms with Gasteiger partial charge in [-0.2, -0.15) is 5.10 Å². The predicted octanol–water partition coefficient (Wildman–Crippen LogP) is 4.80. The summed E-state index contributed by atoms with van der Waals surface area (Å²) in [5.41, 5.74) is 3.95. The van der Waals surface area contributed by atoms with Crippen molar-refractivity contribution in [2.24, 2.45) is 5.10 Å². The SMILES string of the molecule is O=C(NN=Cc1ccccc1OCc1ccc([N+](=O)[O-])cc1)c1cc2ccccc2cc1O. The summed E-state index contributed by atoms with van der Waals surface area (Å²) in [4.78, 5) is 22.8. The molecular weight excluding hydrogens is 422 g/mol. The Morgan fingerprint density at radius 2 is 1.67 bits per heavy atom. The van der Waals surface area contributed by atoms with Gasteiger partial charge in [0, 0.05) is 17.7 Å². The number of para-hydroxylation sites is 1. The number of non-ortho nitro benzene ring substituents is 1. The van der Waals surface area contributed by atoms with Crippen LogP contribution in [0.25, 0.3) is 10.8 Å². The average Bonchev–Trinajstić information content (AvgIpc) is 2.83. The lowest BCUT2D eigenvalue weighted by Gasteiger charge is -2.09. The van der Waals surface area contributed by atoms with Crippen LogP contribution in [0.4, 0.5) is 5.69 Å². The monoisotopic (exact) mass is 441 g/mol. The Bertz CT molecular complexity index is 1350. The molecule has 0 radical (unpaired) electrons. The Labute approximate surface area is 188 Å². The first-order chi connectivity index (χ1) is 16.0. The number of phenolic OH excluding ortho intramolecular Hbond substituents is 1. The molecule has 0 aliphatic rings. The maximum Gasteiger partial charge on any atom is 0.275 e. The smallest absolute Gasteiger partial charge is 0.275 e. The van der Waals surface area contributed by atoms with Crippen LogP contribution in [0.2, 0.25) is 0 Å².